The highest BCUT2D eigenvalue weighted by atomic mass is 35.5. The zero-order chi connectivity index (χ0) is 46.8. The van der Waals surface area contributed by atoms with Crippen LogP contribution in [0.15, 0.2) is 140 Å². The van der Waals surface area contributed by atoms with Crippen LogP contribution in [0.4, 0.5) is 17.1 Å². The summed E-state index contributed by atoms with van der Waals surface area (Å²) in [5, 5.41) is 19.3. The minimum atomic E-state index is -0.186. The van der Waals surface area contributed by atoms with Crippen molar-refractivity contribution in [2.24, 2.45) is 0 Å². The number of amides is 3. The molecule has 4 heterocycles. The van der Waals surface area contributed by atoms with Crippen LogP contribution in [0, 0.1) is 0 Å². The molecule has 67 heavy (non-hydrogen) atoms. The third-order valence-electron chi connectivity index (χ3n) is 12.3. The molecule has 348 valence electrons. The number of benzene rings is 5. The first-order valence-corrected chi connectivity index (χ1v) is 23.9. The average molecular weight is 921 g/mol. The first-order valence-electron chi connectivity index (χ1n) is 23.5. The second-order valence-corrected chi connectivity index (χ2v) is 17.5. The summed E-state index contributed by atoms with van der Waals surface area (Å²) in [5.74, 6) is 2.20. The normalized spacial score (nSPS) is 17.3. The lowest BCUT2D eigenvalue weighted by molar-refractivity contribution is 0.101. The lowest BCUT2D eigenvalue weighted by Gasteiger charge is -2.11. The number of carbonyl (C=O) groups excluding carboxylic acids is 3. The van der Waals surface area contributed by atoms with Crippen LogP contribution >= 0.6 is 11.6 Å². The maximum Gasteiger partial charge on any atom is 0.257 e. The van der Waals surface area contributed by atoms with Gasteiger partial charge in [0.25, 0.3) is 17.7 Å². The average Bonchev–Trinajstić information content (AvgIpc) is 4.20. The van der Waals surface area contributed by atoms with E-state index in [1.54, 1.807) is 24.3 Å². The molecule has 6 N–H and O–H groups in total. The Morgan fingerprint density at radius 2 is 0.925 bits per heavy atom. The Morgan fingerprint density at radius 1 is 0.537 bits per heavy atom. The van der Waals surface area contributed by atoms with Gasteiger partial charge in [-0.1, -0.05) is 73.5 Å². The number of aryl methyl sites for hydroxylation is 1. The van der Waals surface area contributed by atoms with Crippen molar-refractivity contribution in [3.05, 3.63) is 184 Å². The molecule has 0 saturated carbocycles. The van der Waals surface area contributed by atoms with Crippen LogP contribution in [0.25, 0.3) is 0 Å². The number of nitrogens with zero attached hydrogens (tertiary/aromatic N) is 1. The van der Waals surface area contributed by atoms with Crippen LogP contribution < -0.4 is 36.6 Å². The van der Waals surface area contributed by atoms with E-state index in [1.165, 1.54) is 47.7 Å². The Morgan fingerprint density at radius 3 is 1.27 bits per heavy atom. The number of hydrogen-bond acceptors (Lipinski definition) is 8. The van der Waals surface area contributed by atoms with Gasteiger partial charge in [-0.25, -0.2) is 4.98 Å². The van der Waals surface area contributed by atoms with Gasteiger partial charge in [-0.15, -0.1) is 0 Å². The van der Waals surface area contributed by atoms with Crippen LogP contribution in [-0.4, -0.2) is 68.6 Å². The number of aromatic nitrogens is 1. The third-order valence-corrected chi connectivity index (χ3v) is 12.5. The van der Waals surface area contributed by atoms with Crippen molar-refractivity contribution in [2.45, 2.75) is 63.7 Å². The number of pyridine rings is 1. The summed E-state index contributed by atoms with van der Waals surface area (Å²) in [6.07, 6.45) is 7.18. The highest BCUT2D eigenvalue weighted by Gasteiger charge is 2.19. The second kappa shape index (κ2) is 25.0. The van der Waals surface area contributed by atoms with Crippen molar-refractivity contribution in [1.29, 1.82) is 0 Å². The SMILES string of the molecule is CCCc1ccc(C(=O)Nc2ccc(C3CCNC3)cc2)cc1.CCOc1ccc(C(=O)Nc2ccc(C3CCNC3)cc2)cc1.O=C(Nc1ccc(C2CCNC2)cc1)c1ccc(Cl)nc1. The summed E-state index contributed by atoms with van der Waals surface area (Å²) in [4.78, 5) is 40.5. The van der Waals surface area contributed by atoms with E-state index in [-0.39, 0.29) is 17.7 Å². The minimum Gasteiger partial charge on any atom is -0.494 e. The van der Waals surface area contributed by atoms with Crippen LogP contribution in [-0.2, 0) is 6.42 Å². The molecule has 3 fully saturated rings. The molecular weight excluding hydrogens is 858 g/mol. The smallest absolute Gasteiger partial charge is 0.257 e. The van der Waals surface area contributed by atoms with Gasteiger partial charge in [0.2, 0.25) is 0 Å². The molecule has 1 aromatic heterocycles. The molecule has 0 bridgehead atoms. The zero-order valence-electron chi connectivity index (χ0n) is 38.5. The van der Waals surface area contributed by atoms with E-state index in [0.717, 1.165) is 74.9 Å². The number of nitrogens with one attached hydrogen (secondary N) is 6. The molecule has 5 aromatic carbocycles. The van der Waals surface area contributed by atoms with Gasteiger partial charge in [-0.3, -0.25) is 14.4 Å². The predicted octanol–water partition coefficient (Wildman–Crippen LogP) is 10.4. The monoisotopic (exact) mass is 919 g/mol. The molecule has 0 aliphatic carbocycles. The molecule has 0 spiro atoms. The fourth-order valence-corrected chi connectivity index (χ4v) is 8.55. The molecule has 12 heteroatoms. The summed E-state index contributed by atoms with van der Waals surface area (Å²) in [7, 11) is 0. The Labute approximate surface area is 399 Å². The van der Waals surface area contributed by atoms with Gasteiger partial charge in [0.15, 0.2) is 0 Å². The summed E-state index contributed by atoms with van der Waals surface area (Å²) >= 11 is 5.71. The van der Waals surface area contributed by atoms with E-state index in [2.05, 4.69) is 80.2 Å². The van der Waals surface area contributed by atoms with Gasteiger partial charge >= 0.3 is 0 Å². The standard InChI is InChI=1S/C20H24N2O.C19H22N2O2.C16H16ClN3O/c1-2-3-15-4-6-17(7-5-15)20(23)22-19-10-8-16(9-11-19)18-12-13-21-14-18;1-2-23-18-9-5-15(6-10-18)19(22)21-17-7-3-14(4-8-17)16-11-12-20-13-16;17-15-6-3-13(10-19-15)16(21)20-14-4-1-11(2-5-14)12-7-8-18-9-12/h4-11,18,21H,2-3,12-14H2,1H3,(H,22,23);3-10,16,20H,2,11-13H2,1H3,(H,21,22);1-6,10,12,18H,7-9H2,(H,20,21). The fourth-order valence-electron chi connectivity index (χ4n) is 8.43. The quantitative estimate of drug-likeness (QED) is 0.0628. The Bertz CT molecular complexity index is 2350. The first kappa shape index (κ1) is 48.6. The Hall–Kier alpha value is -6.37. The van der Waals surface area contributed by atoms with Gasteiger partial charge in [0, 0.05) is 54.0 Å². The predicted molar refractivity (Wildman–Crippen MR) is 271 cm³/mol. The first-order chi connectivity index (χ1) is 32.7. The largest absolute Gasteiger partial charge is 0.494 e. The number of halogens is 1. The molecular formula is C55H62ClN7O4. The Kier molecular flexibility index (Phi) is 18.1. The number of anilines is 3. The summed E-state index contributed by atoms with van der Waals surface area (Å²) in [5.41, 5.74) is 9.52. The van der Waals surface area contributed by atoms with Gasteiger partial charge in [-0.2, -0.15) is 0 Å². The van der Waals surface area contributed by atoms with Crippen molar-refractivity contribution in [1.82, 2.24) is 20.9 Å². The van der Waals surface area contributed by atoms with Crippen LogP contribution in [0.1, 0.15) is 111 Å². The molecule has 3 amide bonds. The molecule has 11 nitrogen and oxygen atoms in total. The highest BCUT2D eigenvalue weighted by Crippen LogP contribution is 2.26. The molecule has 9 rings (SSSR count). The number of ether oxygens (including phenoxy) is 1. The van der Waals surface area contributed by atoms with Crippen molar-refractivity contribution in [2.75, 3.05) is 61.8 Å². The van der Waals surface area contributed by atoms with Gasteiger partial charge in [-0.05, 0) is 177 Å². The van der Waals surface area contributed by atoms with Crippen molar-refractivity contribution < 1.29 is 19.1 Å². The van der Waals surface area contributed by atoms with Gasteiger partial charge < -0.3 is 36.6 Å². The molecule has 3 unspecified atom stereocenters. The van der Waals surface area contributed by atoms with E-state index in [1.807, 2.05) is 79.7 Å². The Balaban J connectivity index is 0.000000149. The fraction of sp³-hybridized carbons (Fsp3) is 0.309. The van der Waals surface area contributed by atoms with E-state index in [9.17, 15) is 14.4 Å². The summed E-state index contributed by atoms with van der Waals surface area (Å²) < 4.78 is 5.38. The lowest BCUT2D eigenvalue weighted by atomic mass is 9.98. The van der Waals surface area contributed by atoms with Crippen LogP contribution in [0.3, 0.4) is 0 Å². The molecule has 6 aromatic rings. The molecule has 0 radical (unpaired) electrons. The minimum absolute atomic E-state index is 0.0525. The van der Waals surface area contributed by atoms with Crippen LogP contribution in [0.5, 0.6) is 5.75 Å². The number of hydrogen-bond donors (Lipinski definition) is 6. The van der Waals surface area contributed by atoms with Crippen molar-refractivity contribution in [3.63, 3.8) is 0 Å². The van der Waals surface area contributed by atoms with Crippen molar-refractivity contribution >= 4 is 46.4 Å². The van der Waals surface area contributed by atoms with Gasteiger partial charge in [0.1, 0.15) is 10.9 Å². The topological polar surface area (TPSA) is 146 Å². The molecule has 3 aliphatic heterocycles. The van der Waals surface area contributed by atoms with Crippen LogP contribution in [0.2, 0.25) is 5.15 Å². The zero-order valence-corrected chi connectivity index (χ0v) is 39.2. The third kappa shape index (κ3) is 14.6. The summed E-state index contributed by atoms with van der Waals surface area (Å²) in [6, 6.07) is 42.7. The maximum atomic E-state index is 12.3. The lowest BCUT2D eigenvalue weighted by Crippen LogP contribution is -2.12. The van der Waals surface area contributed by atoms with Gasteiger partial charge in [0.05, 0.1) is 12.2 Å². The van der Waals surface area contributed by atoms with E-state index in [0.29, 0.717) is 46.2 Å². The van der Waals surface area contributed by atoms with E-state index >= 15 is 0 Å². The second-order valence-electron chi connectivity index (χ2n) is 17.1. The van der Waals surface area contributed by atoms with E-state index in [4.69, 9.17) is 16.3 Å². The number of rotatable bonds is 13. The van der Waals surface area contributed by atoms with E-state index < -0.39 is 0 Å². The summed E-state index contributed by atoms with van der Waals surface area (Å²) in [6.45, 7) is 11.1. The molecule has 3 saturated heterocycles. The maximum absolute atomic E-state index is 12.3. The van der Waals surface area contributed by atoms with Crippen molar-refractivity contribution in [3.8, 4) is 5.75 Å². The highest BCUT2D eigenvalue weighted by molar-refractivity contribution is 6.29. The molecule has 3 atom stereocenters. The number of carbonyl (C=O) groups is 3. The molecule has 3 aliphatic rings.